The Labute approximate surface area is 147 Å². The summed E-state index contributed by atoms with van der Waals surface area (Å²) in [6.07, 6.45) is 5.68. The Morgan fingerprint density at radius 1 is 0.957 bits per heavy atom. The van der Waals surface area contributed by atoms with Crippen molar-refractivity contribution in [3.63, 3.8) is 0 Å². The van der Waals surface area contributed by atoms with Gasteiger partial charge in [0.25, 0.3) is 0 Å². The average molecular weight is 492 g/mol. The van der Waals surface area contributed by atoms with Gasteiger partial charge in [0.15, 0.2) is 0 Å². The van der Waals surface area contributed by atoms with E-state index in [9.17, 15) is 0 Å². The Morgan fingerprint density at radius 2 is 1.35 bits per heavy atom. The Morgan fingerprint density at radius 3 is 1.65 bits per heavy atom. The van der Waals surface area contributed by atoms with Crippen molar-refractivity contribution < 1.29 is 52.1 Å². The second-order valence-electron chi connectivity index (χ2n) is 3.39. The van der Waals surface area contributed by atoms with Gasteiger partial charge in [0.2, 0.25) is 0 Å². The summed E-state index contributed by atoms with van der Waals surface area (Å²) in [4.78, 5) is 0. The number of ether oxygens (including phenoxy) is 2. The third kappa shape index (κ3) is 17.1. The van der Waals surface area contributed by atoms with Gasteiger partial charge in [-0.25, -0.2) is 0 Å². The average Bonchev–Trinajstić information content (AvgIpc) is 2.69. The Balaban J connectivity index is -0.0000000923. The first-order valence-corrected chi connectivity index (χ1v) is 6.96. The molecular weight excluding hydrogens is 476 g/mol. The van der Waals surface area contributed by atoms with E-state index in [0.717, 1.165) is 10.5 Å². The molecule has 0 spiro atoms. The zero-order valence-corrected chi connectivity index (χ0v) is 15.8. The van der Waals surface area contributed by atoms with E-state index in [-0.39, 0.29) is 6.10 Å². The van der Waals surface area contributed by atoms with Crippen molar-refractivity contribution in [3.8, 4) is 0 Å². The second-order valence-corrected chi connectivity index (χ2v) is 4.84. The van der Waals surface area contributed by atoms with Crippen LogP contribution in [-0.4, -0.2) is 24.4 Å². The van der Waals surface area contributed by atoms with Gasteiger partial charge in [-0.2, -0.15) is 0 Å². The van der Waals surface area contributed by atoms with E-state index in [1.807, 2.05) is 0 Å². The van der Waals surface area contributed by atoms with Gasteiger partial charge in [0.05, 0.1) is 0 Å². The van der Waals surface area contributed by atoms with E-state index in [0.29, 0.717) is 11.8 Å². The van der Waals surface area contributed by atoms with Crippen LogP contribution in [-0.2, 0) is 52.1 Å². The molecule has 0 bridgehead atoms. The molecule has 0 fully saturated rings. The number of methoxy groups -OCH3 is 2. The monoisotopic (exact) mass is 492 g/mol. The minimum absolute atomic E-state index is 0.205. The van der Waals surface area contributed by atoms with Gasteiger partial charge in [0, 0.05) is 0 Å². The third-order valence-corrected chi connectivity index (χ3v) is 4.12. The topological polar surface area (TPSA) is 118 Å². The van der Waals surface area contributed by atoms with Gasteiger partial charge in [-0.3, -0.25) is 0 Å². The molecule has 23 heavy (non-hydrogen) atoms. The number of hydrogen-bond acceptors (Lipinski definition) is 2. The van der Waals surface area contributed by atoms with Gasteiger partial charge >= 0.3 is 147 Å². The molecule has 0 unspecified atom stereocenters. The number of allylic oxidation sites excluding steroid dienone is 1. The molecular formula is C15H16O7W. The molecule has 0 aliphatic heterocycles. The molecule has 124 valence electrons. The van der Waals surface area contributed by atoms with E-state index < -0.39 is 0 Å². The van der Waals surface area contributed by atoms with E-state index in [1.165, 1.54) is 19.4 Å². The third-order valence-electron chi connectivity index (χ3n) is 2.55. The molecule has 0 saturated heterocycles. The SMILES string of the molecule is CO[C](=[W])[C@@H]1[C@@H](C)CC=C[C@H]1OC.[C-]#[O+].[C-]#[O+].[C-]#[O+].[C-]#[O+].[C-]#[O+]. The van der Waals surface area contributed by atoms with Crippen molar-refractivity contribution in [1.29, 1.82) is 0 Å². The predicted molar refractivity (Wildman–Crippen MR) is 68.9 cm³/mol. The summed E-state index contributed by atoms with van der Waals surface area (Å²) >= 11 is 1.41. The fraction of sp³-hybridized carbons (Fsp3) is 0.467. The predicted octanol–water partition coefficient (Wildman–Crippen LogP) is 1.35. The first kappa shape index (κ1) is 33.5. The van der Waals surface area contributed by atoms with Crippen LogP contribution in [0.3, 0.4) is 0 Å². The van der Waals surface area contributed by atoms with Crippen LogP contribution in [0.4, 0.5) is 0 Å². The summed E-state index contributed by atoms with van der Waals surface area (Å²) in [5.74, 6) is 1.07. The molecule has 1 rings (SSSR count). The van der Waals surface area contributed by atoms with E-state index in [4.69, 9.17) is 32.7 Å². The zero-order valence-electron chi connectivity index (χ0n) is 12.9. The van der Waals surface area contributed by atoms with Crippen LogP contribution in [0.25, 0.3) is 0 Å². The van der Waals surface area contributed by atoms with Crippen LogP contribution in [0.2, 0.25) is 0 Å². The second kappa shape index (κ2) is 32.8. The summed E-state index contributed by atoms with van der Waals surface area (Å²) in [6, 6.07) is 0. The first-order chi connectivity index (χ1) is 11.2. The molecule has 1 aliphatic carbocycles. The summed E-state index contributed by atoms with van der Waals surface area (Å²) in [7, 11) is 3.51. The van der Waals surface area contributed by atoms with E-state index in [1.54, 1.807) is 14.2 Å². The quantitative estimate of drug-likeness (QED) is 0.336. The molecule has 7 nitrogen and oxygen atoms in total. The molecule has 0 heterocycles. The molecule has 0 aromatic heterocycles. The van der Waals surface area contributed by atoms with Crippen LogP contribution in [0, 0.1) is 45.1 Å². The van der Waals surface area contributed by atoms with Gasteiger partial charge in [-0.05, 0) is 0 Å². The molecule has 0 aromatic rings. The summed E-state index contributed by atoms with van der Waals surface area (Å²) in [6.45, 7) is 24.8. The van der Waals surface area contributed by atoms with Gasteiger partial charge in [-0.1, -0.05) is 0 Å². The fourth-order valence-corrected chi connectivity index (χ4v) is 3.06. The van der Waals surface area contributed by atoms with Crippen molar-refractivity contribution >= 4 is 4.08 Å². The maximum atomic E-state index is 7.50. The molecule has 0 amide bonds. The molecule has 0 aromatic carbocycles. The Bertz CT molecular complexity index is 358. The Hall–Kier alpha value is -1.08. The first-order valence-electron chi connectivity index (χ1n) is 5.50. The molecule has 0 N–H and O–H groups in total. The van der Waals surface area contributed by atoms with Crippen LogP contribution in [0.5, 0.6) is 0 Å². The number of hydrogen-bond donors (Lipinski definition) is 0. The normalized spacial score (nSPS) is 19.3. The van der Waals surface area contributed by atoms with Gasteiger partial charge in [0.1, 0.15) is 0 Å². The van der Waals surface area contributed by atoms with Crippen molar-refractivity contribution in [2.45, 2.75) is 19.4 Å². The van der Waals surface area contributed by atoms with Crippen LogP contribution < -0.4 is 0 Å². The van der Waals surface area contributed by atoms with Crippen molar-refractivity contribution in [1.82, 2.24) is 0 Å². The van der Waals surface area contributed by atoms with Crippen LogP contribution in [0.1, 0.15) is 13.3 Å². The van der Waals surface area contributed by atoms with E-state index in [2.05, 4.69) is 52.3 Å². The zero-order chi connectivity index (χ0) is 19.8. The molecule has 3 atom stereocenters. The summed E-state index contributed by atoms with van der Waals surface area (Å²) < 4.78 is 49.4. The van der Waals surface area contributed by atoms with Crippen molar-refractivity contribution in [3.05, 3.63) is 45.4 Å². The van der Waals surface area contributed by atoms with Crippen LogP contribution in [0.15, 0.2) is 12.2 Å². The van der Waals surface area contributed by atoms with Crippen molar-refractivity contribution in [2.24, 2.45) is 11.8 Å². The van der Waals surface area contributed by atoms with Crippen molar-refractivity contribution in [2.75, 3.05) is 14.2 Å². The van der Waals surface area contributed by atoms with Crippen LogP contribution >= 0.6 is 0 Å². The summed E-state index contributed by atoms with van der Waals surface area (Å²) in [5.41, 5.74) is 0. The molecule has 1 aliphatic rings. The Kier molecular flexibility index (Phi) is 47.7. The van der Waals surface area contributed by atoms with E-state index >= 15 is 0 Å². The molecule has 0 radical (unpaired) electrons. The summed E-state index contributed by atoms with van der Waals surface area (Å²) in [5, 5.41) is 0. The fourth-order valence-electron chi connectivity index (χ4n) is 1.75. The standard InChI is InChI=1S/C10H16O2.5CO.W/c1-8-5-4-6-10(12-3)9(8)7-11-2;5*1-2;/h4,6,8-10H,5H2,1-3H3;;;;;;/t8-,9+,10+;;;;;;/m0....../s1. The number of rotatable bonds is 3. The minimum atomic E-state index is 0.205. The molecule has 8 heteroatoms. The molecule has 0 saturated carbocycles. The van der Waals surface area contributed by atoms with Gasteiger partial charge < -0.3 is 0 Å². The maximum absolute atomic E-state index is 7.50. The van der Waals surface area contributed by atoms with Gasteiger partial charge in [-0.15, -0.1) is 0 Å².